The van der Waals surface area contributed by atoms with E-state index in [1.807, 2.05) is 6.92 Å². The second-order valence-electron chi connectivity index (χ2n) is 6.77. The van der Waals surface area contributed by atoms with Crippen LogP contribution in [0, 0.1) is 5.92 Å². The van der Waals surface area contributed by atoms with Gasteiger partial charge in [0.25, 0.3) is 0 Å². The van der Waals surface area contributed by atoms with E-state index in [0.717, 1.165) is 24.6 Å². The Bertz CT molecular complexity index is 555. The van der Waals surface area contributed by atoms with E-state index >= 15 is 0 Å². The highest BCUT2D eigenvalue weighted by Gasteiger charge is 2.58. The lowest BCUT2D eigenvalue weighted by Gasteiger charge is -2.31. The summed E-state index contributed by atoms with van der Waals surface area (Å²) in [4.78, 5) is 47.8. The Hall–Kier alpha value is -1.61. The van der Waals surface area contributed by atoms with E-state index in [1.165, 1.54) is 6.92 Å². The van der Waals surface area contributed by atoms with Crippen molar-refractivity contribution in [3.63, 3.8) is 0 Å². The summed E-state index contributed by atoms with van der Waals surface area (Å²) in [5, 5.41) is 12.3. The smallest absolute Gasteiger partial charge is 0.440 e. The number of amides is 3. The van der Waals surface area contributed by atoms with Crippen molar-refractivity contribution < 1.29 is 33.5 Å². The van der Waals surface area contributed by atoms with Gasteiger partial charge in [0.1, 0.15) is 12.6 Å². The average Bonchev–Trinajstić information content (AvgIpc) is 2.89. The zero-order chi connectivity index (χ0) is 19.9. The van der Waals surface area contributed by atoms with Crippen LogP contribution in [0.4, 0.5) is 9.59 Å². The van der Waals surface area contributed by atoms with Crippen molar-refractivity contribution in [3.8, 4) is 0 Å². The number of hydrogen-bond acceptors (Lipinski definition) is 6. The molecule has 0 aromatic heterocycles. The van der Waals surface area contributed by atoms with E-state index in [0.29, 0.717) is 13.0 Å². The molecule has 0 aliphatic carbocycles. The molecule has 0 bridgehead atoms. The van der Waals surface area contributed by atoms with E-state index < -0.39 is 40.6 Å². The topological polar surface area (TPSA) is 110 Å². The molecule has 3 amide bonds. The van der Waals surface area contributed by atoms with Crippen LogP contribution in [0.5, 0.6) is 0 Å². The quantitative estimate of drug-likeness (QED) is 0.509. The SMILES string of the molecule is CCCCNC(=O)O[C@H]1C[C@@H](C)[N@@+](C(=O)O)(C(=O)C(C)CSC(C)=O)C1. The number of nitrogens with one attached hydrogen (secondary N) is 1. The number of ether oxygens (including phenoxy) is 1. The number of quaternary nitrogens is 1. The molecule has 1 unspecified atom stereocenters. The molecule has 1 fully saturated rings. The molecule has 4 atom stereocenters. The standard InChI is InChI=1S/C17H28N2O6S/c1-5-6-7-18-16(22)25-14-8-12(3)19(9-14,17(23)24)15(21)11(2)10-26-13(4)20/h11-12,14H,5-10H2,1-4H3,(H-,18,22,23,24)/p+1/t11?,12-,14+,19-/m1/s1. The van der Waals surface area contributed by atoms with Crippen molar-refractivity contribution in [2.24, 2.45) is 5.92 Å². The lowest BCUT2D eigenvalue weighted by atomic mass is 10.1. The molecule has 0 saturated carbocycles. The summed E-state index contributed by atoms with van der Waals surface area (Å²) < 4.78 is 4.55. The Morgan fingerprint density at radius 3 is 2.54 bits per heavy atom. The molecule has 1 aliphatic rings. The number of rotatable bonds is 7. The number of nitrogens with zero attached hydrogens (tertiary/aromatic N) is 1. The molecule has 26 heavy (non-hydrogen) atoms. The highest BCUT2D eigenvalue weighted by Crippen LogP contribution is 2.32. The first kappa shape index (κ1) is 22.4. The van der Waals surface area contributed by atoms with Crippen LogP contribution < -0.4 is 5.32 Å². The molecule has 1 heterocycles. The Balaban J connectivity index is 2.81. The number of hydrogen-bond donors (Lipinski definition) is 2. The Morgan fingerprint density at radius 2 is 2.00 bits per heavy atom. The number of likely N-dealkylation sites (tertiary alicyclic amines) is 1. The zero-order valence-corrected chi connectivity index (χ0v) is 16.6. The second-order valence-corrected chi connectivity index (χ2v) is 7.97. The van der Waals surface area contributed by atoms with Crippen LogP contribution in [0.1, 0.15) is 47.0 Å². The van der Waals surface area contributed by atoms with Gasteiger partial charge in [0, 0.05) is 25.6 Å². The number of carbonyl (C=O) groups is 4. The number of thioether (sulfide) groups is 1. The average molecular weight is 389 g/mol. The van der Waals surface area contributed by atoms with E-state index in [4.69, 9.17) is 4.74 Å². The lowest BCUT2D eigenvalue weighted by molar-refractivity contribution is -0.795. The summed E-state index contributed by atoms with van der Waals surface area (Å²) in [6.07, 6.45) is -0.418. The summed E-state index contributed by atoms with van der Waals surface area (Å²) in [6, 6.07) is -0.516. The molecular formula is C17H29N2O6S+. The van der Waals surface area contributed by atoms with Gasteiger partial charge in [-0.2, -0.15) is 9.28 Å². The number of alkyl carbamates (subject to hydrolysis) is 1. The number of carbonyl (C=O) groups excluding carboxylic acids is 3. The van der Waals surface area contributed by atoms with Crippen molar-refractivity contribution in [2.45, 2.75) is 59.1 Å². The highest BCUT2D eigenvalue weighted by atomic mass is 32.2. The van der Waals surface area contributed by atoms with E-state index in [-0.39, 0.29) is 17.4 Å². The van der Waals surface area contributed by atoms with Crippen LogP contribution >= 0.6 is 11.8 Å². The minimum atomic E-state index is -1.25. The van der Waals surface area contributed by atoms with Gasteiger partial charge in [-0.05, 0) is 20.3 Å². The first-order valence-corrected chi connectivity index (χ1v) is 9.87. The molecule has 1 saturated heterocycles. The predicted molar refractivity (Wildman–Crippen MR) is 97.7 cm³/mol. The predicted octanol–water partition coefficient (Wildman–Crippen LogP) is 2.61. The molecule has 148 valence electrons. The van der Waals surface area contributed by atoms with Crippen LogP contribution in [0.2, 0.25) is 0 Å². The van der Waals surface area contributed by atoms with Gasteiger partial charge in [0.15, 0.2) is 11.2 Å². The third kappa shape index (κ3) is 5.44. The van der Waals surface area contributed by atoms with E-state index in [1.54, 1.807) is 13.8 Å². The van der Waals surface area contributed by atoms with Crippen LogP contribution in [-0.2, 0) is 14.3 Å². The third-order valence-electron chi connectivity index (χ3n) is 4.61. The van der Waals surface area contributed by atoms with Gasteiger partial charge in [0.05, 0.1) is 5.92 Å². The molecule has 0 radical (unpaired) electrons. The summed E-state index contributed by atoms with van der Waals surface area (Å²) in [5.41, 5.74) is 0. The summed E-state index contributed by atoms with van der Waals surface area (Å²) >= 11 is 1.00. The largest absolute Gasteiger partial charge is 0.521 e. The Morgan fingerprint density at radius 1 is 1.35 bits per heavy atom. The maximum absolute atomic E-state index is 12.9. The fraction of sp³-hybridized carbons (Fsp3) is 0.765. The molecule has 1 aliphatic heterocycles. The van der Waals surface area contributed by atoms with Crippen LogP contribution in [-0.4, -0.2) is 63.8 Å². The van der Waals surface area contributed by atoms with E-state index in [9.17, 15) is 24.3 Å². The van der Waals surface area contributed by atoms with Crippen LogP contribution in [0.15, 0.2) is 0 Å². The molecule has 8 nitrogen and oxygen atoms in total. The van der Waals surface area contributed by atoms with Gasteiger partial charge < -0.3 is 15.2 Å². The normalized spacial score (nSPS) is 26.2. The summed E-state index contributed by atoms with van der Waals surface area (Å²) in [6.45, 7) is 7.11. The molecule has 1 rings (SSSR count). The molecule has 9 heteroatoms. The number of unbranched alkanes of at least 4 members (excludes halogenated alkanes) is 1. The highest BCUT2D eigenvalue weighted by molar-refractivity contribution is 8.13. The van der Waals surface area contributed by atoms with Gasteiger partial charge in [-0.25, -0.2) is 9.59 Å². The van der Waals surface area contributed by atoms with Gasteiger partial charge in [0.2, 0.25) is 0 Å². The summed E-state index contributed by atoms with van der Waals surface area (Å²) in [7, 11) is 0. The fourth-order valence-corrected chi connectivity index (χ4v) is 3.78. The first-order chi connectivity index (χ1) is 12.1. The fourth-order valence-electron chi connectivity index (χ4n) is 3.16. The van der Waals surface area contributed by atoms with Gasteiger partial charge >= 0.3 is 18.1 Å². The molecule has 0 aromatic carbocycles. The Kier molecular flexibility index (Phi) is 8.55. The minimum absolute atomic E-state index is 0.0917. The van der Waals surface area contributed by atoms with Crippen molar-refractivity contribution in [3.05, 3.63) is 0 Å². The van der Waals surface area contributed by atoms with Crippen LogP contribution in [0.3, 0.4) is 0 Å². The van der Waals surface area contributed by atoms with Crippen molar-refractivity contribution in [1.29, 1.82) is 0 Å². The molecule has 2 N–H and O–H groups in total. The monoisotopic (exact) mass is 389 g/mol. The lowest BCUT2D eigenvalue weighted by Crippen LogP contribution is -2.61. The van der Waals surface area contributed by atoms with Gasteiger partial charge in [-0.15, -0.1) is 0 Å². The first-order valence-electron chi connectivity index (χ1n) is 8.88. The van der Waals surface area contributed by atoms with E-state index in [2.05, 4.69) is 5.32 Å². The van der Waals surface area contributed by atoms with Crippen molar-refractivity contribution in [1.82, 2.24) is 5.32 Å². The third-order valence-corrected chi connectivity index (χ3v) is 5.69. The minimum Gasteiger partial charge on any atom is -0.440 e. The second kappa shape index (κ2) is 9.91. The van der Waals surface area contributed by atoms with Crippen LogP contribution in [0.25, 0.3) is 0 Å². The number of carboxylic acid groups (broad SMARTS) is 1. The molecular weight excluding hydrogens is 360 g/mol. The zero-order valence-electron chi connectivity index (χ0n) is 15.8. The number of imide groups is 1. The summed E-state index contributed by atoms with van der Waals surface area (Å²) in [5.74, 6) is -0.826. The van der Waals surface area contributed by atoms with Gasteiger partial charge in [-0.1, -0.05) is 25.1 Å². The maximum atomic E-state index is 12.9. The van der Waals surface area contributed by atoms with Crippen molar-refractivity contribution >= 4 is 35.0 Å². The Labute approximate surface area is 158 Å². The maximum Gasteiger partial charge on any atom is 0.521 e. The molecule has 0 aromatic rings. The van der Waals surface area contributed by atoms with Gasteiger partial charge in [-0.3, -0.25) is 4.79 Å². The van der Waals surface area contributed by atoms with Crippen molar-refractivity contribution in [2.75, 3.05) is 18.8 Å². The molecule has 0 spiro atoms.